The molecule has 1 saturated heterocycles. The molecular formula is C22H24N8O2. The van der Waals surface area contributed by atoms with Crippen molar-refractivity contribution in [3.05, 3.63) is 89.4 Å². The first-order valence-electron chi connectivity index (χ1n) is 10.3. The van der Waals surface area contributed by atoms with Gasteiger partial charge in [0.15, 0.2) is 11.4 Å². The number of pyridine rings is 1. The topological polar surface area (TPSA) is 121 Å². The van der Waals surface area contributed by atoms with Gasteiger partial charge in [-0.25, -0.2) is 25.8 Å². The fourth-order valence-electron chi connectivity index (χ4n) is 4.10. The molecule has 4 aromatic rings. The predicted molar refractivity (Wildman–Crippen MR) is 117 cm³/mol. The number of methoxy groups -OCH3 is 1. The van der Waals surface area contributed by atoms with E-state index in [1.807, 2.05) is 53.9 Å². The van der Waals surface area contributed by atoms with Gasteiger partial charge in [-0.15, -0.1) is 0 Å². The SMILES string of the molecule is CCc1c(C(O)(c2ccccc2)c2ncccn2)nc2cc(OC)c(C3NNNN3)cn12. The Labute approximate surface area is 184 Å². The minimum absolute atomic E-state index is 0.227. The van der Waals surface area contributed by atoms with E-state index in [0.29, 0.717) is 29.1 Å². The second-order valence-electron chi connectivity index (χ2n) is 7.41. The molecule has 0 aliphatic carbocycles. The van der Waals surface area contributed by atoms with Crippen molar-refractivity contribution in [1.29, 1.82) is 0 Å². The van der Waals surface area contributed by atoms with Crippen molar-refractivity contribution in [2.75, 3.05) is 7.11 Å². The lowest BCUT2D eigenvalue weighted by Crippen LogP contribution is -2.33. The second-order valence-corrected chi connectivity index (χ2v) is 7.41. The maximum Gasteiger partial charge on any atom is 0.193 e. The molecule has 32 heavy (non-hydrogen) atoms. The Bertz CT molecular complexity index is 1180. The van der Waals surface area contributed by atoms with E-state index in [1.54, 1.807) is 25.6 Å². The van der Waals surface area contributed by atoms with Crippen LogP contribution in [0.15, 0.2) is 61.1 Å². The highest BCUT2D eigenvalue weighted by molar-refractivity contribution is 5.55. The number of rotatable bonds is 6. The molecule has 3 aromatic heterocycles. The number of hydrogen-bond donors (Lipinski definition) is 5. The number of hydrogen-bond acceptors (Lipinski definition) is 9. The Morgan fingerprint density at radius 3 is 2.47 bits per heavy atom. The van der Waals surface area contributed by atoms with Crippen LogP contribution in [0.3, 0.4) is 0 Å². The Morgan fingerprint density at radius 2 is 1.81 bits per heavy atom. The Hall–Kier alpha value is -3.41. The lowest BCUT2D eigenvalue weighted by Gasteiger charge is -2.26. The van der Waals surface area contributed by atoms with Crippen molar-refractivity contribution in [1.82, 2.24) is 41.3 Å². The summed E-state index contributed by atoms with van der Waals surface area (Å²) in [6.07, 6.45) is 5.61. The molecule has 10 heteroatoms. The van der Waals surface area contributed by atoms with E-state index >= 15 is 0 Å². The number of benzene rings is 1. The van der Waals surface area contributed by atoms with Gasteiger partial charge in [0.25, 0.3) is 0 Å². The van der Waals surface area contributed by atoms with Crippen LogP contribution in [0.1, 0.15) is 41.4 Å². The largest absolute Gasteiger partial charge is 0.496 e. The van der Waals surface area contributed by atoms with E-state index < -0.39 is 5.60 Å². The lowest BCUT2D eigenvalue weighted by molar-refractivity contribution is 0.110. The molecule has 0 amide bonds. The lowest BCUT2D eigenvalue weighted by atomic mass is 9.87. The normalized spacial score (nSPS) is 16.3. The summed E-state index contributed by atoms with van der Waals surface area (Å²) in [5, 5.41) is 12.2. The number of fused-ring (bicyclic) bond motifs is 1. The second kappa shape index (κ2) is 8.26. The van der Waals surface area contributed by atoms with Gasteiger partial charge < -0.3 is 14.2 Å². The first kappa shape index (κ1) is 20.5. The summed E-state index contributed by atoms with van der Waals surface area (Å²) in [5.41, 5.74) is 13.7. The van der Waals surface area contributed by atoms with Crippen LogP contribution in [0.25, 0.3) is 5.65 Å². The molecule has 0 spiro atoms. The van der Waals surface area contributed by atoms with E-state index in [-0.39, 0.29) is 12.0 Å². The minimum Gasteiger partial charge on any atom is -0.496 e. The van der Waals surface area contributed by atoms with Gasteiger partial charge in [0.05, 0.1) is 7.11 Å². The fourth-order valence-corrected chi connectivity index (χ4v) is 4.10. The third-order valence-electron chi connectivity index (χ3n) is 5.64. The summed E-state index contributed by atoms with van der Waals surface area (Å²) < 4.78 is 7.61. The molecule has 5 N–H and O–H groups in total. The highest BCUT2D eigenvalue weighted by Gasteiger charge is 2.41. The van der Waals surface area contributed by atoms with Crippen LogP contribution < -0.4 is 26.7 Å². The first-order chi connectivity index (χ1) is 15.7. The first-order valence-corrected chi connectivity index (χ1v) is 10.3. The molecule has 1 aliphatic heterocycles. The van der Waals surface area contributed by atoms with E-state index in [1.165, 1.54) is 0 Å². The molecule has 10 nitrogen and oxygen atoms in total. The van der Waals surface area contributed by atoms with Crippen molar-refractivity contribution >= 4 is 5.65 Å². The standard InChI is InChI=1S/C22H24N8O2/c1-3-16-19(22(31,14-8-5-4-6-9-14)21-23-10-7-11-24-21)25-18-12-17(32-2)15(13-30(16)18)20-26-28-29-27-20/h4-13,20,26-29,31H,3H2,1-2H3. The molecule has 0 bridgehead atoms. The fraction of sp³-hybridized carbons (Fsp3) is 0.227. The van der Waals surface area contributed by atoms with E-state index in [4.69, 9.17) is 9.72 Å². The van der Waals surface area contributed by atoms with Crippen LogP contribution in [0.5, 0.6) is 5.75 Å². The average molecular weight is 432 g/mol. The zero-order valence-corrected chi connectivity index (χ0v) is 17.7. The summed E-state index contributed by atoms with van der Waals surface area (Å²) >= 11 is 0. The maximum atomic E-state index is 12.2. The number of hydrazine groups is 3. The van der Waals surface area contributed by atoms with Crippen molar-refractivity contribution in [3.8, 4) is 5.75 Å². The molecule has 4 heterocycles. The van der Waals surface area contributed by atoms with Crippen molar-refractivity contribution in [3.63, 3.8) is 0 Å². The number of aliphatic hydroxyl groups is 1. The van der Waals surface area contributed by atoms with Gasteiger partial charge in [-0.3, -0.25) is 0 Å². The number of nitrogens with one attached hydrogen (secondary N) is 4. The van der Waals surface area contributed by atoms with Crippen molar-refractivity contribution in [2.45, 2.75) is 25.1 Å². The van der Waals surface area contributed by atoms with Gasteiger partial charge >= 0.3 is 0 Å². The van der Waals surface area contributed by atoms with Crippen LogP contribution in [-0.2, 0) is 12.0 Å². The monoisotopic (exact) mass is 432 g/mol. The molecule has 5 rings (SSSR count). The number of aryl methyl sites for hydroxylation is 1. The molecule has 0 radical (unpaired) electrons. The smallest absolute Gasteiger partial charge is 0.193 e. The average Bonchev–Trinajstić information content (AvgIpc) is 3.51. The molecule has 164 valence electrons. The summed E-state index contributed by atoms with van der Waals surface area (Å²) in [5.74, 6) is 0.926. The molecule has 1 unspecified atom stereocenters. The highest BCUT2D eigenvalue weighted by Crippen LogP contribution is 2.37. The molecule has 1 aromatic carbocycles. The molecular weight excluding hydrogens is 408 g/mol. The van der Waals surface area contributed by atoms with Gasteiger partial charge in [-0.05, 0) is 18.1 Å². The van der Waals surface area contributed by atoms with Crippen molar-refractivity contribution in [2.24, 2.45) is 0 Å². The van der Waals surface area contributed by atoms with E-state index in [2.05, 4.69) is 31.9 Å². The zero-order valence-electron chi connectivity index (χ0n) is 17.7. The Balaban J connectivity index is 1.78. The van der Waals surface area contributed by atoms with Gasteiger partial charge in [-0.1, -0.05) is 37.3 Å². The quantitative estimate of drug-likeness (QED) is 0.305. The van der Waals surface area contributed by atoms with Gasteiger partial charge in [0.1, 0.15) is 23.3 Å². The molecule has 0 saturated carbocycles. The summed E-state index contributed by atoms with van der Waals surface area (Å²) in [7, 11) is 1.62. The summed E-state index contributed by atoms with van der Waals surface area (Å²) in [6, 6.07) is 13.0. The zero-order chi connectivity index (χ0) is 22.1. The van der Waals surface area contributed by atoms with Gasteiger partial charge in [-0.2, -0.15) is 11.1 Å². The predicted octanol–water partition coefficient (Wildman–Crippen LogP) is 1.10. The van der Waals surface area contributed by atoms with Crippen LogP contribution in [0.4, 0.5) is 0 Å². The Morgan fingerprint density at radius 1 is 1.09 bits per heavy atom. The van der Waals surface area contributed by atoms with Crippen LogP contribution in [-0.4, -0.2) is 31.6 Å². The molecule has 1 aliphatic rings. The minimum atomic E-state index is -1.62. The van der Waals surface area contributed by atoms with E-state index in [0.717, 1.165) is 11.3 Å². The summed E-state index contributed by atoms with van der Waals surface area (Å²) in [6.45, 7) is 2.03. The van der Waals surface area contributed by atoms with Crippen LogP contribution >= 0.6 is 0 Å². The highest BCUT2D eigenvalue weighted by atomic mass is 16.5. The molecule has 1 atom stereocenters. The molecule has 1 fully saturated rings. The van der Waals surface area contributed by atoms with Gasteiger partial charge in [0.2, 0.25) is 0 Å². The third kappa shape index (κ3) is 3.22. The van der Waals surface area contributed by atoms with E-state index in [9.17, 15) is 5.11 Å². The van der Waals surface area contributed by atoms with Crippen LogP contribution in [0.2, 0.25) is 0 Å². The van der Waals surface area contributed by atoms with Crippen LogP contribution in [0, 0.1) is 0 Å². The summed E-state index contributed by atoms with van der Waals surface area (Å²) in [4.78, 5) is 13.6. The number of aromatic nitrogens is 4. The number of imidazole rings is 1. The number of ether oxygens (including phenoxy) is 1. The van der Waals surface area contributed by atoms with Gasteiger partial charge in [0, 0.05) is 35.9 Å². The third-order valence-corrected chi connectivity index (χ3v) is 5.64. The maximum absolute atomic E-state index is 12.2. The number of nitrogens with zero attached hydrogens (tertiary/aromatic N) is 4. The van der Waals surface area contributed by atoms with Crippen molar-refractivity contribution < 1.29 is 9.84 Å². The Kier molecular flexibility index (Phi) is 5.29.